The Hall–Kier alpha value is -1.31. The monoisotopic (exact) mass is 423 g/mol. The number of rotatable bonds is 5. The van der Waals surface area contributed by atoms with E-state index in [-0.39, 0.29) is 11.9 Å². The summed E-state index contributed by atoms with van der Waals surface area (Å²) in [6.45, 7) is 4.36. The number of methoxy groups -OCH3 is 1. The zero-order valence-corrected chi connectivity index (χ0v) is 18.4. The summed E-state index contributed by atoms with van der Waals surface area (Å²) in [6, 6.07) is 3.77. The lowest BCUT2D eigenvalue weighted by molar-refractivity contribution is 0.0121. The summed E-state index contributed by atoms with van der Waals surface area (Å²) in [7, 11) is -2.57. The zero-order valence-electron chi connectivity index (χ0n) is 17.6. The predicted molar refractivity (Wildman–Crippen MR) is 111 cm³/mol. The quantitative estimate of drug-likeness (QED) is 0.755. The molecule has 0 radical (unpaired) electrons. The first kappa shape index (κ1) is 20.9. The molecule has 3 N–H and O–H groups in total. The van der Waals surface area contributed by atoms with Crippen LogP contribution in [0.15, 0.2) is 12.1 Å². The SMILES string of the molecule is COc1cc2c(cc1OS(N)(=O)=O)CC[C@@H]1[C@@H]2CC[C@]2(C)[C@@H](CC(C)O)CC[C@@H]12. The van der Waals surface area contributed by atoms with E-state index >= 15 is 0 Å². The second kappa shape index (κ2) is 7.43. The van der Waals surface area contributed by atoms with Crippen molar-refractivity contribution in [2.24, 2.45) is 28.3 Å². The van der Waals surface area contributed by atoms with E-state index < -0.39 is 10.3 Å². The molecule has 0 amide bonds. The van der Waals surface area contributed by atoms with Crippen LogP contribution in [0.25, 0.3) is 0 Å². The van der Waals surface area contributed by atoms with Crippen molar-refractivity contribution in [3.05, 3.63) is 23.3 Å². The van der Waals surface area contributed by atoms with Gasteiger partial charge >= 0.3 is 10.3 Å². The van der Waals surface area contributed by atoms with Gasteiger partial charge in [-0.15, -0.1) is 0 Å². The van der Waals surface area contributed by atoms with Gasteiger partial charge in [-0.3, -0.25) is 0 Å². The zero-order chi connectivity index (χ0) is 21.0. The van der Waals surface area contributed by atoms with E-state index in [1.165, 1.54) is 31.9 Å². The fourth-order valence-electron chi connectivity index (χ4n) is 6.84. The molecule has 0 bridgehead atoms. The molecule has 29 heavy (non-hydrogen) atoms. The van der Waals surface area contributed by atoms with Gasteiger partial charge in [0.2, 0.25) is 0 Å². The molecular weight excluding hydrogens is 390 g/mol. The van der Waals surface area contributed by atoms with Gasteiger partial charge in [-0.1, -0.05) is 6.92 Å². The van der Waals surface area contributed by atoms with Gasteiger partial charge in [-0.25, -0.2) is 0 Å². The van der Waals surface area contributed by atoms with E-state index in [0.717, 1.165) is 31.2 Å². The number of hydrogen-bond donors (Lipinski definition) is 2. The maximum Gasteiger partial charge on any atom is 0.380 e. The Kier molecular flexibility index (Phi) is 5.37. The van der Waals surface area contributed by atoms with Crippen molar-refractivity contribution >= 4 is 10.3 Å². The van der Waals surface area contributed by atoms with Gasteiger partial charge in [0.15, 0.2) is 11.5 Å². The molecule has 162 valence electrons. The Morgan fingerprint density at radius 1 is 1.24 bits per heavy atom. The normalized spacial score (nSPS) is 34.7. The summed E-state index contributed by atoms with van der Waals surface area (Å²) in [6.07, 6.45) is 7.45. The number of benzene rings is 1. The molecule has 3 aliphatic carbocycles. The number of ether oxygens (including phenoxy) is 1. The third kappa shape index (κ3) is 3.77. The van der Waals surface area contributed by atoms with Crippen LogP contribution in [0.1, 0.15) is 69.4 Å². The Labute approximate surface area is 174 Å². The van der Waals surface area contributed by atoms with Crippen LogP contribution in [0.2, 0.25) is 0 Å². The smallest absolute Gasteiger partial charge is 0.380 e. The Bertz CT molecular complexity index is 883. The van der Waals surface area contributed by atoms with Gasteiger partial charge < -0.3 is 14.0 Å². The van der Waals surface area contributed by atoms with Crippen LogP contribution in [0, 0.1) is 23.2 Å². The predicted octanol–water partition coefficient (Wildman–Crippen LogP) is 3.52. The molecule has 0 heterocycles. The maximum atomic E-state index is 11.4. The molecule has 2 saturated carbocycles. The highest BCUT2D eigenvalue weighted by molar-refractivity contribution is 7.84. The molecule has 6 atom stereocenters. The van der Waals surface area contributed by atoms with Gasteiger partial charge in [0, 0.05) is 0 Å². The number of aliphatic hydroxyl groups is 1. The van der Waals surface area contributed by atoms with Crippen molar-refractivity contribution in [1.82, 2.24) is 0 Å². The van der Waals surface area contributed by atoms with E-state index in [0.29, 0.717) is 34.8 Å². The molecule has 1 unspecified atom stereocenters. The van der Waals surface area contributed by atoms with Crippen molar-refractivity contribution in [1.29, 1.82) is 0 Å². The lowest BCUT2D eigenvalue weighted by Crippen LogP contribution is -2.42. The van der Waals surface area contributed by atoms with Crippen molar-refractivity contribution in [2.45, 2.75) is 70.8 Å². The molecule has 6 nitrogen and oxygen atoms in total. The largest absolute Gasteiger partial charge is 0.493 e. The molecule has 0 saturated heterocycles. The number of fused-ring (bicyclic) bond motifs is 5. The Balaban J connectivity index is 1.64. The van der Waals surface area contributed by atoms with E-state index in [9.17, 15) is 13.5 Å². The van der Waals surface area contributed by atoms with Crippen LogP contribution in [0.4, 0.5) is 0 Å². The minimum atomic E-state index is -4.10. The molecule has 1 aromatic carbocycles. The van der Waals surface area contributed by atoms with Crippen LogP contribution in [-0.4, -0.2) is 26.7 Å². The van der Waals surface area contributed by atoms with Crippen LogP contribution in [0.5, 0.6) is 11.5 Å². The summed E-state index contributed by atoms with van der Waals surface area (Å²) in [5, 5.41) is 15.0. The standard InChI is InChI=1S/C22H33NO5S/c1-13(24)10-15-5-7-19-17-6-4-14-11-21(28-29(23,25)26)20(27-3)12-18(14)16(17)8-9-22(15,19)2/h11-13,15-17,19,24H,4-10H2,1-3H3,(H2,23,25,26)/t13?,15-,16+,17-,19+,22-/m1/s1. The summed E-state index contributed by atoms with van der Waals surface area (Å²) in [4.78, 5) is 0. The first-order chi connectivity index (χ1) is 13.6. The molecular formula is C22H33NO5S. The van der Waals surface area contributed by atoms with Gasteiger partial charge in [0.25, 0.3) is 0 Å². The molecule has 0 aromatic heterocycles. The van der Waals surface area contributed by atoms with Crippen LogP contribution in [0.3, 0.4) is 0 Å². The molecule has 3 aliphatic rings. The molecule has 2 fully saturated rings. The van der Waals surface area contributed by atoms with Crippen molar-refractivity contribution < 1.29 is 22.4 Å². The van der Waals surface area contributed by atoms with Gasteiger partial charge in [0.1, 0.15) is 0 Å². The highest BCUT2D eigenvalue weighted by atomic mass is 32.2. The third-order valence-corrected chi connectivity index (χ3v) is 8.45. The average molecular weight is 424 g/mol. The summed E-state index contributed by atoms with van der Waals surface area (Å²) < 4.78 is 33.2. The number of hydrogen-bond acceptors (Lipinski definition) is 5. The highest BCUT2D eigenvalue weighted by Gasteiger charge is 2.54. The summed E-state index contributed by atoms with van der Waals surface area (Å²) in [5.41, 5.74) is 2.74. The van der Waals surface area contributed by atoms with E-state index in [2.05, 4.69) is 6.92 Å². The van der Waals surface area contributed by atoms with Gasteiger partial charge in [-0.2, -0.15) is 13.6 Å². The first-order valence-corrected chi connectivity index (χ1v) is 12.2. The lowest BCUT2D eigenvalue weighted by atomic mass is 9.54. The van der Waals surface area contributed by atoms with E-state index in [1.807, 2.05) is 13.0 Å². The Morgan fingerprint density at radius 2 is 2.00 bits per heavy atom. The molecule has 1 aromatic rings. The Morgan fingerprint density at radius 3 is 2.66 bits per heavy atom. The van der Waals surface area contributed by atoms with E-state index in [4.69, 9.17) is 14.1 Å². The summed E-state index contributed by atoms with van der Waals surface area (Å²) >= 11 is 0. The number of aliphatic hydroxyl groups excluding tert-OH is 1. The van der Waals surface area contributed by atoms with Gasteiger partial charge in [0.05, 0.1) is 13.2 Å². The highest BCUT2D eigenvalue weighted by Crippen LogP contribution is 2.64. The molecule has 0 spiro atoms. The fourth-order valence-corrected chi connectivity index (χ4v) is 7.22. The van der Waals surface area contributed by atoms with Crippen molar-refractivity contribution in [3.63, 3.8) is 0 Å². The fraction of sp³-hybridized carbons (Fsp3) is 0.727. The lowest BCUT2D eigenvalue weighted by Gasteiger charge is -2.51. The molecule has 4 rings (SSSR count). The van der Waals surface area contributed by atoms with Crippen LogP contribution >= 0.6 is 0 Å². The number of aryl methyl sites for hydroxylation is 1. The van der Waals surface area contributed by atoms with Crippen molar-refractivity contribution in [2.75, 3.05) is 7.11 Å². The van der Waals surface area contributed by atoms with Gasteiger partial charge in [-0.05, 0) is 104 Å². The topological polar surface area (TPSA) is 98.9 Å². The first-order valence-electron chi connectivity index (χ1n) is 10.7. The summed E-state index contributed by atoms with van der Waals surface area (Å²) in [5.74, 6) is 2.99. The van der Waals surface area contributed by atoms with E-state index in [1.54, 1.807) is 6.07 Å². The minimum Gasteiger partial charge on any atom is -0.493 e. The van der Waals surface area contributed by atoms with Crippen LogP contribution in [-0.2, 0) is 16.7 Å². The molecule has 0 aliphatic heterocycles. The minimum absolute atomic E-state index is 0.172. The number of nitrogens with two attached hydrogens (primary N) is 1. The second-order valence-corrected chi connectivity index (χ2v) is 10.7. The van der Waals surface area contributed by atoms with Crippen molar-refractivity contribution in [3.8, 4) is 11.5 Å². The third-order valence-electron chi connectivity index (χ3n) is 8.04. The second-order valence-electron chi connectivity index (χ2n) is 9.60. The maximum absolute atomic E-state index is 11.4. The van der Waals surface area contributed by atoms with Crippen LogP contribution < -0.4 is 14.1 Å². The average Bonchev–Trinajstić information content (AvgIpc) is 2.95. The molecule has 7 heteroatoms.